The molecule has 33 heavy (non-hydrogen) atoms. The number of rotatable bonds is 7. The van der Waals surface area contributed by atoms with Crippen molar-refractivity contribution in [2.24, 2.45) is 0 Å². The van der Waals surface area contributed by atoms with Crippen LogP contribution in [0.1, 0.15) is 23.2 Å². The van der Waals surface area contributed by atoms with Crippen molar-refractivity contribution in [3.8, 4) is 6.07 Å². The van der Waals surface area contributed by atoms with Crippen molar-refractivity contribution in [2.75, 3.05) is 6.54 Å². The van der Waals surface area contributed by atoms with E-state index in [9.17, 15) is 10.1 Å². The second-order valence-electron chi connectivity index (χ2n) is 8.27. The standard InChI is InChI=1S/C26H25N5OS/c27-17-22-6-3-13-30(22)15-11-24(29-33-23-8-7-20-9-12-28-25(20)16-23)26(32)31-14-10-19-4-1-2-5-21(19)18-31/h1-9,12-13,16,24,28-29H,10-11,14-15,18H2. The minimum atomic E-state index is -0.367. The molecule has 1 aliphatic rings. The van der Waals surface area contributed by atoms with Crippen LogP contribution in [-0.2, 0) is 24.3 Å². The summed E-state index contributed by atoms with van der Waals surface area (Å²) in [7, 11) is 0. The SMILES string of the molecule is N#Cc1cccn1CCC(NSc1ccc2cc[nH]c2c1)C(=O)N1CCc2ccccc2C1. The molecule has 0 radical (unpaired) electrons. The maximum atomic E-state index is 13.6. The molecule has 7 heteroatoms. The highest BCUT2D eigenvalue weighted by Crippen LogP contribution is 2.24. The molecule has 0 bridgehead atoms. The second kappa shape index (κ2) is 9.57. The lowest BCUT2D eigenvalue weighted by Gasteiger charge is -2.32. The van der Waals surface area contributed by atoms with Crippen molar-refractivity contribution in [1.82, 2.24) is 19.2 Å². The zero-order valence-electron chi connectivity index (χ0n) is 18.2. The van der Waals surface area contributed by atoms with Gasteiger partial charge in [0.15, 0.2) is 0 Å². The van der Waals surface area contributed by atoms with Gasteiger partial charge in [-0.05, 0) is 71.6 Å². The number of aromatic nitrogens is 2. The third-order valence-corrected chi connectivity index (χ3v) is 7.08. The molecule has 1 aliphatic heterocycles. The number of carbonyl (C=O) groups is 1. The number of amides is 1. The maximum absolute atomic E-state index is 13.6. The Hall–Kier alpha value is -3.47. The molecule has 2 aromatic carbocycles. The molecule has 0 spiro atoms. The number of H-pyrrole nitrogens is 1. The van der Waals surface area contributed by atoms with Gasteiger partial charge in [0.1, 0.15) is 11.8 Å². The van der Waals surface area contributed by atoms with Gasteiger partial charge < -0.3 is 14.5 Å². The fraction of sp³-hybridized carbons (Fsp3) is 0.231. The van der Waals surface area contributed by atoms with Gasteiger partial charge in [-0.2, -0.15) is 5.26 Å². The van der Waals surface area contributed by atoms with Crippen LogP contribution >= 0.6 is 11.9 Å². The van der Waals surface area contributed by atoms with Crippen molar-refractivity contribution in [3.05, 3.63) is 89.9 Å². The van der Waals surface area contributed by atoms with Gasteiger partial charge in [-0.1, -0.05) is 30.3 Å². The van der Waals surface area contributed by atoms with Crippen LogP contribution in [0.2, 0.25) is 0 Å². The average Bonchev–Trinajstić information content (AvgIpc) is 3.52. The Morgan fingerprint density at radius 1 is 1.15 bits per heavy atom. The molecule has 3 heterocycles. The van der Waals surface area contributed by atoms with Crippen LogP contribution in [0.15, 0.2) is 78.0 Å². The van der Waals surface area contributed by atoms with E-state index in [1.54, 1.807) is 6.07 Å². The lowest BCUT2D eigenvalue weighted by molar-refractivity contribution is -0.134. The van der Waals surface area contributed by atoms with Crippen LogP contribution in [0.5, 0.6) is 0 Å². The third-order valence-electron chi connectivity index (χ3n) is 6.19. The molecule has 2 aromatic heterocycles. The largest absolute Gasteiger partial charge is 0.361 e. The molecule has 0 saturated heterocycles. The van der Waals surface area contributed by atoms with Gasteiger partial charge in [-0.3, -0.25) is 4.79 Å². The van der Waals surface area contributed by atoms with E-state index in [1.807, 2.05) is 40.1 Å². The molecular formula is C26H25N5OS. The van der Waals surface area contributed by atoms with E-state index in [1.165, 1.54) is 23.1 Å². The first-order chi connectivity index (χ1) is 16.2. The molecule has 2 N–H and O–H groups in total. The topological polar surface area (TPSA) is 76.8 Å². The predicted molar refractivity (Wildman–Crippen MR) is 130 cm³/mol. The summed E-state index contributed by atoms with van der Waals surface area (Å²) in [6.07, 6.45) is 5.29. The van der Waals surface area contributed by atoms with Crippen LogP contribution in [0.25, 0.3) is 10.9 Å². The van der Waals surface area contributed by atoms with E-state index in [-0.39, 0.29) is 11.9 Å². The first kappa shape index (κ1) is 21.4. The smallest absolute Gasteiger partial charge is 0.240 e. The third kappa shape index (κ3) is 4.68. The summed E-state index contributed by atoms with van der Waals surface area (Å²) in [4.78, 5) is 19.8. The number of hydrogen-bond donors (Lipinski definition) is 2. The second-order valence-corrected chi connectivity index (χ2v) is 9.18. The van der Waals surface area contributed by atoms with Crippen LogP contribution in [0.4, 0.5) is 0 Å². The molecular weight excluding hydrogens is 430 g/mol. The van der Waals surface area contributed by atoms with Gasteiger partial charge in [0.05, 0.1) is 6.04 Å². The molecule has 1 unspecified atom stereocenters. The zero-order valence-corrected chi connectivity index (χ0v) is 19.0. The highest BCUT2D eigenvalue weighted by atomic mass is 32.2. The fourth-order valence-electron chi connectivity index (χ4n) is 4.35. The number of aryl methyl sites for hydroxylation is 1. The molecule has 1 amide bonds. The van der Waals surface area contributed by atoms with Crippen LogP contribution in [0, 0.1) is 11.3 Å². The Balaban J connectivity index is 1.32. The first-order valence-electron chi connectivity index (χ1n) is 11.1. The number of nitriles is 1. The molecule has 0 saturated carbocycles. The van der Waals surface area contributed by atoms with Crippen molar-refractivity contribution < 1.29 is 4.79 Å². The zero-order chi connectivity index (χ0) is 22.6. The Morgan fingerprint density at radius 2 is 2.03 bits per heavy atom. The number of nitrogens with zero attached hydrogens (tertiary/aromatic N) is 3. The average molecular weight is 456 g/mol. The molecule has 0 aliphatic carbocycles. The number of benzene rings is 2. The Bertz CT molecular complexity index is 1320. The van der Waals surface area contributed by atoms with Gasteiger partial charge in [-0.15, -0.1) is 0 Å². The molecule has 0 fully saturated rings. The highest BCUT2D eigenvalue weighted by molar-refractivity contribution is 7.97. The lowest BCUT2D eigenvalue weighted by Crippen LogP contribution is -2.46. The first-order valence-corrected chi connectivity index (χ1v) is 11.9. The summed E-state index contributed by atoms with van der Waals surface area (Å²) >= 11 is 1.48. The Kier molecular flexibility index (Phi) is 6.20. The van der Waals surface area contributed by atoms with Gasteiger partial charge >= 0.3 is 0 Å². The molecule has 1 atom stereocenters. The normalized spacial score (nSPS) is 14.1. The molecule has 5 rings (SSSR count). The van der Waals surface area contributed by atoms with E-state index < -0.39 is 0 Å². The highest BCUT2D eigenvalue weighted by Gasteiger charge is 2.27. The van der Waals surface area contributed by atoms with Crippen molar-refractivity contribution in [3.63, 3.8) is 0 Å². The number of hydrogen-bond acceptors (Lipinski definition) is 4. The summed E-state index contributed by atoms with van der Waals surface area (Å²) in [5.74, 6) is 0.101. The fourth-order valence-corrected chi connectivity index (χ4v) is 5.16. The van der Waals surface area contributed by atoms with E-state index >= 15 is 0 Å². The predicted octanol–water partition coefficient (Wildman–Crippen LogP) is 4.48. The van der Waals surface area contributed by atoms with Crippen LogP contribution in [0.3, 0.4) is 0 Å². The van der Waals surface area contributed by atoms with Gasteiger partial charge in [0.2, 0.25) is 5.91 Å². The minimum absolute atomic E-state index is 0.101. The van der Waals surface area contributed by atoms with E-state index in [2.05, 4.69) is 52.2 Å². The van der Waals surface area contributed by atoms with Crippen molar-refractivity contribution >= 4 is 28.8 Å². The molecule has 166 valence electrons. The van der Waals surface area contributed by atoms with Crippen molar-refractivity contribution in [1.29, 1.82) is 5.26 Å². The minimum Gasteiger partial charge on any atom is -0.361 e. The van der Waals surface area contributed by atoms with E-state index in [4.69, 9.17) is 0 Å². The van der Waals surface area contributed by atoms with E-state index in [0.29, 0.717) is 25.2 Å². The lowest BCUT2D eigenvalue weighted by atomic mass is 9.99. The van der Waals surface area contributed by atoms with E-state index in [0.717, 1.165) is 28.8 Å². The quantitative estimate of drug-likeness (QED) is 0.403. The number of fused-ring (bicyclic) bond motifs is 2. The van der Waals surface area contributed by atoms with Gasteiger partial charge in [0, 0.05) is 42.4 Å². The molecule has 6 nitrogen and oxygen atoms in total. The Morgan fingerprint density at radius 3 is 2.91 bits per heavy atom. The van der Waals surface area contributed by atoms with Crippen LogP contribution < -0.4 is 4.72 Å². The number of nitrogens with one attached hydrogen (secondary N) is 2. The van der Waals surface area contributed by atoms with Gasteiger partial charge in [0.25, 0.3) is 0 Å². The summed E-state index contributed by atoms with van der Waals surface area (Å²) < 4.78 is 5.34. The summed E-state index contributed by atoms with van der Waals surface area (Å²) in [5.41, 5.74) is 4.23. The monoisotopic (exact) mass is 455 g/mol. The molecule has 4 aromatic rings. The Labute approximate surface area is 197 Å². The number of aromatic amines is 1. The number of carbonyl (C=O) groups excluding carboxylic acids is 1. The summed E-state index contributed by atoms with van der Waals surface area (Å²) in [5, 5.41) is 10.5. The van der Waals surface area contributed by atoms with Crippen LogP contribution in [-0.4, -0.2) is 32.9 Å². The van der Waals surface area contributed by atoms with Crippen molar-refractivity contribution in [2.45, 2.75) is 36.9 Å². The maximum Gasteiger partial charge on any atom is 0.240 e. The summed E-state index contributed by atoms with van der Waals surface area (Å²) in [6, 6.07) is 22.1. The summed E-state index contributed by atoms with van der Waals surface area (Å²) in [6.45, 7) is 1.96. The van der Waals surface area contributed by atoms with Gasteiger partial charge in [-0.25, -0.2) is 4.72 Å².